The fourth-order valence-electron chi connectivity index (χ4n) is 6.03. The summed E-state index contributed by atoms with van der Waals surface area (Å²) in [5, 5.41) is 32.9. The van der Waals surface area contributed by atoms with Gasteiger partial charge in [0.25, 0.3) is 16.8 Å². The summed E-state index contributed by atoms with van der Waals surface area (Å²) in [5.41, 5.74) is -2.00. The first-order chi connectivity index (χ1) is 25.2. The number of carbonyl (C=O) groups excluding carboxylic acids is 1. The molecule has 0 spiro atoms. The van der Waals surface area contributed by atoms with Gasteiger partial charge in [0.1, 0.15) is 35.2 Å². The molecule has 53 heavy (non-hydrogen) atoms. The van der Waals surface area contributed by atoms with Gasteiger partial charge in [-0.05, 0) is 50.2 Å². The SMILES string of the molecule is COCC1(C)Oc2ccc(C(=O)OC)cc2C(Oc2cc[nH]c(=O)c2)C1O.COCC1(C)Oc2ccc([N+](=O)[O-])cc2C(Oc2cc[nH]c(=O)c2)C1O. The number of hydrogen-bond acceptors (Lipinski definition) is 14. The molecule has 0 bridgehead atoms. The van der Waals surface area contributed by atoms with Crippen LogP contribution in [-0.2, 0) is 14.2 Å². The van der Waals surface area contributed by atoms with Crippen LogP contribution in [0.3, 0.4) is 0 Å². The number of pyridine rings is 2. The third-order valence-electron chi connectivity index (χ3n) is 8.64. The standard InChI is InChI=1S/C19H21NO7.C17H18N2O7/c1-19(10-24-2)17(22)16(26-12-6-7-20-15(21)9-12)13-8-11(18(23)25-3)4-5-14(13)27-19;1-17(9-24-2)16(21)15(25-11-5-6-18-14(20)8-11)12-7-10(19(22)23)3-4-13(12)26-17/h4-9,16-17,22H,10H2,1-3H3,(H,20,21);3-8,15-16,21H,9H2,1-2H3,(H,18,20). The van der Waals surface area contributed by atoms with E-state index in [0.717, 1.165) is 0 Å². The first-order valence-corrected chi connectivity index (χ1v) is 16.2. The van der Waals surface area contributed by atoms with Gasteiger partial charge >= 0.3 is 5.97 Å². The summed E-state index contributed by atoms with van der Waals surface area (Å²) in [5.74, 6) is 0.765. The number of methoxy groups -OCH3 is 3. The number of nitrogens with zero attached hydrogens (tertiary/aromatic N) is 1. The molecule has 0 fully saturated rings. The molecule has 2 aromatic carbocycles. The monoisotopic (exact) mass is 737 g/mol. The fraction of sp³-hybridized carbons (Fsp3) is 0.361. The van der Waals surface area contributed by atoms with Crippen LogP contribution in [0.1, 0.15) is 47.5 Å². The molecule has 0 saturated heterocycles. The lowest BCUT2D eigenvalue weighted by Crippen LogP contribution is -2.55. The van der Waals surface area contributed by atoms with Gasteiger partial charge in [-0.25, -0.2) is 4.79 Å². The van der Waals surface area contributed by atoms with E-state index in [1.54, 1.807) is 38.1 Å². The van der Waals surface area contributed by atoms with Crippen LogP contribution in [0.5, 0.6) is 23.0 Å². The minimum absolute atomic E-state index is 0.0693. The molecular weight excluding hydrogens is 698 g/mol. The van der Waals surface area contributed by atoms with Gasteiger partial charge in [-0.1, -0.05) is 0 Å². The number of nitrogens with one attached hydrogen (secondary N) is 2. The van der Waals surface area contributed by atoms with Gasteiger partial charge in [0.15, 0.2) is 23.4 Å². The van der Waals surface area contributed by atoms with Crippen molar-refractivity contribution in [3.63, 3.8) is 0 Å². The number of rotatable bonds is 10. The second-order valence-corrected chi connectivity index (χ2v) is 12.7. The van der Waals surface area contributed by atoms with E-state index in [-0.39, 0.29) is 41.5 Å². The van der Waals surface area contributed by atoms with Gasteiger partial charge < -0.3 is 53.3 Å². The molecule has 282 valence electrons. The lowest BCUT2D eigenvalue weighted by Gasteiger charge is -2.43. The lowest BCUT2D eigenvalue weighted by molar-refractivity contribution is -0.385. The maximum Gasteiger partial charge on any atom is 0.337 e. The number of benzene rings is 2. The second-order valence-electron chi connectivity index (χ2n) is 12.7. The topological polar surface area (TPSA) is 231 Å². The summed E-state index contributed by atoms with van der Waals surface area (Å²) in [4.78, 5) is 50.5. The average Bonchev–Trinajstić information content (AvgIpc) is 3.12. The Kier molecular flexibility index (Phi) is 11.5. The summed E-state index contributed by atoms with van der Waals surface area (Å²) in [6.07, 6.45) is -1.34. The second kappa shape index (κ2) is 15.9. The Morgan fingerprint density at radius 3 is 1.68 bits per heavy atom. The van der Waals surface area contributed by atoms with Crippen LogP contribution in [0.15, 0.2) is 82.6 Å². The zero-order valence-electron chi connectivity index (χ0n) is 29.4. The highest BCUT2D eigenvalue weighted by molar-refractivity contribution is 5.89. The molecule has 17 heteroatoms. The summed E-state index contributed by atoms with van der Waals surface area (Å²) >= 11 is 0. The predicted octanol–water partition coefficient (Wildman–Crippen LogP) is 3.00. The first kappa shape index (κ1) is 38.5. The minimum atomic E-state index is -1.20. The molecule has 0 amide bonds. The van der Waals surface area contributed by atoms with Crippen molar-refractivity contribution >= 4 is 11.7 Å². The van der Waals surface area contributed by atoms with E-state index in [4.69, 9.17) is 33.2 Å². The highest BCUT2D eigenvalue weighted by Gasteiger charge is 2.49. The Morgan fingerprint density at radius 1 is 0.774 bits per heavy atom. The van der Waals surface area contributed by atoms with Crippen molar-refractivity contribution in [2.75, 3.05) is 34.5 Å². The number of H-pyrrole nitrogens is 2. The summed E-state index contributed by atoms with van der Waals surface area (Å²) in [7, 11) is 4.26. The van der Waals surface area contributed by atoms with Crippen LogP contribution in [-0.4, -0.2) is 89.0 Å². The van der Waals surface area contributed by atoms with Crippen LogP contribution in [0.25, 0.3) is 0 Å². The van der Waals surface area contributed by atoms with Crippen LogP contribution in [0, 0.1) is 10.1 Å². The average molecular weight is 738 g/mol. The molecule has 2 aliphatic heterocycles. The van der Waals surface area contributed by atoms with Crippen molar-refractivity contribution in [3.8, 4) is 23.0 Å². The van der Waals surface area contributed by atoms with Gasteiger partial charge in [-0.3, -0.25) is 19.7 Å². The van der Waals surface area contributed by atoms with E-state index in [1.165, 1.54) is 70.1 Å². The smallest absolute Gasteiger partial charge is 0.337 e. The third kappa shape index (κ3) is 8.33. The molecule has 2 aromatic heterocycles. The highest BCUT2D eigenvalue weighted by Crippen LogP contribution is 2.44. The number of aromatic amines is 2. The van der Waals surface area contributed by atoms with Crippen molar-refractivity contribution in [1.29, 1.82) is 0 Å². The van der Waals surface area contributed by atoms with E-state index in [0.29, 0.717) is 28.2 Å². The van der Waals surface area contributed by atoms with E-state index < -0.39 is 46.5 Å². The van der Waals surface area contributed by atoms with E-state index in [2.05, 4.69) is 9.97 Å². The fourth-order valence-corrected chi connectivity index (χ4v) is 6.03. The largest absolute Gasteiger partial charge is 0.482 e. The highest BCUT2D eigenvalue weighted by atomic mass is 16.6. The quantitative estimate of drug-likeness (QED) is 0.104. The summed E-state index contributed by atoms with van der Waals surface area (Å²) in [6, 6.07) is 14.4. The van der Waals surface area contributed by atoms with Gasteiger partial charge in [0.2, 0.25) is 0 Å². The normalized spacial score (nSPS) is 24.1. The molecular formula is C36H39N3O14. The van der Waals surface area contributed by atoms with Crippen molar-refractivity contribution in [1.82, 2.24) is 9.97 Å². The number of hydrogen-bond donors (Lipinski definition) is 4. The number of nitro benzene ring substituents is 1. The van der Waals surface area contributed by atoms with Gasteiger partial charge in [0, 0.05) is 62.0 Å². The van der Waals surface area contributed by atoms with Crippen molar-refractivity contribution < 1.29 is 53.1 Å². The molecule has 0 aliphatic carbocycles. The molecule has 4 aromatic rings. The predicted molar refractivity (Wildman–Crippen MR) is 186 cm³/mol. The number of aliphatic hydroxyl groups excluding tert-OH is 2. The number of esters is 1. The van der Waals surface area contributed by atoms with Crippen molar-refractivity contribution in [2.45, 2.75) is 49.5 Å². The van der Waals surface area contributed by atoms with Crippen molar-refractivity contribution in [2.24, 2.45) is 0 Å². The molecule has 6 rings (SSSR count). The van der Waals surface area contributed by atoms with Gasteiger partial charge in [0.05, 0.1) is 30.8 Å². The van der Waals surface area contributed by atoms with Gasteiger partial charge in [-0.2, -0.15) is 0 Å². The lowest BCUT2D eigenvalue weighted by atomic mass is 9.86. The summed E-state index contributed by atoms with van der Waals surface area (Å²) in [6.45, 7) is 3.54. The van der Waals surface area contributed by atoms with Crippen LogP contribution in [0.2, 0.25) is 0 Å². The molecule has 0 radical (unpaired) electrons. The van der Waals surface area contributed by atoms with Gasteiger partial charge in [-0.15, -0.1) is 0 Å². The number of fused-ring (bicyclic) bond motifs is 2. The molecule has 4 N–H and O–H groups in total. The van der Waals surface area contributed by atoms with Crippen LogP contribution < -0.4 is 30.1 Å². The number of aromatic nitrogens is 2. The third-order valence-corrected chi connectivity index (χ3v) is 8.64. The number of nitro groups is 1. The molecule has 0 saturated carbocycles. The van der Waals surface area contributed by atoms with Crippen LogP contribution >= 0.6 is 0 Å². The van der Waals surface area contributed by atoms with Crippen LogP contribution in [0.4, 0.5) is 5.69 Å². The van der Waals surface area contributed by atoms with Crippen molar-refractivity contribution in [3.05, 3.63) is 121 Å². The van der Waals surface area contributed by atoms with E-state index in [9.17, 15) is 34.7 Å². The molecule has 4 heterocycles. The Morgan fingerprint density at radius 2 is 1.25 bits per heavy atom. The Hall–Kier alpha value is -5.75. The number of aliphatic hydroxyl groups is 2. The zero-order valence-corrected chi connectivity index (χ0v) is 29.4. The maximum absolute atomic E-state index is 11.9. The Bertz CT molecular complexity index is 2070. The van der Waals surface area contributed by atoms with E-state index >= 15 is 0 Å². The Labute approximate surface area is 302 Å². The Balaban J connectivity index is 0.000000204. The minimum Gasteiger partial charge on any atom is -0.482 e. The number of non-ortho nitro benzene ring substituents is 1. The molecule has 6 atom stereocenters. The molecule has 2 aliphatic rings. The summed E-state index contributed by atoms with van der Waals surface area (Å²) < 4.78 is 38.7. The molecule has 17 nitrogen and oxygen atoms in total. The molecule has 6 unspecified atom stereocenters. The zero-order chi connectivity index (χ0) is 38.5. The number of carbonyl (C=O) groups is 1. The van der Waals surface area contributed by atoms with E-state index in [1.807, 2.05) is 0 Å². The maximum atomic E-state index is 11.9. The first-order valence-electron chi connectivity index (χ1n) is 16.2. The number of ether oxygens (including phenoxy) is 7.